The Kier molecular flexibility index (Phi) is 7.11. The van der Waals surface area contributed by atoms with Crippen molar-refractivity contribution in [2.24, 2.45) is 0 Å². The van der Waals surface area contributed by atoms with Crippen LogP contribution in [0.1, 0.15) is 12.8 Å². The zero-order valence-corrected chi connectivity index (χ0v) is 7.43. The van der Waals surface area contributed by atoms with Gasteiger partial charge >= 0.3 is 0 Å². The minimum absolute atomic E-state index is 0.474. The summed E-state index contributed by atoms with van der Waals surface area (Å²) >= 11 is 0. The predicted octanol–water partition coefficient (Wildman–Crippen LogP) is 0.441. The molecule has 0 amide bonds. The van der Waals surface area contributed by atoms with E-state index in [1.807, 2.05) is 6.07 Å². The molecule has 0 saturated carbocycles. The fraction of sp³-hybridized carbons (Fsp3) is 0.875. The van der Waals surface area contributed by atoms with E-state index in [-0.39, 0.29) is 0 Å². The summed E-state index contributed by atoms with van der Waals surface area (Å²) < 4.78 is 0. The molecule has 0 aliphatic carbocycles. The van der Waals surface area contributed by atoms with Gasteiger partial charge in [0.25, 0.3) is 0 Å². The largest absolute Gasteiger partial charge is 0.309 e. The molecular formula is C8H17N3. The Bertz CT molecular complexity index is 115. The van der Waals surface area contributed by atoms with E-state index in [0.717, 1.165) is 19.5 Å². The highest BCUT2D eigenvalue weighted by Gasteiger charge is 1.89. The first-order valence-electron chi connectivity index (χ1n) is 3.99. The van der Waals surface area contributed by atoms with Crippen LogP contribution in [0.15, 0.2) is 0 Å². The van der Waals surface area contributed by atoms with E-state index in [4.69, 9.17) is 5.26 Å². The predicted molar refractivity (Wildman–Crippen MR) is 46.3 cm³/mol. The van der Waals surface area contributed by atoms with Crippen molar-refractivity contribution in [3.63, 3.8) is 0 Å². The van der Waals surface area contributed by atoms with Crippen LogP contribution >= 0.6 is 0 Å². The van der Waals surface area contributed by atoms with Crippen molar-refractivity contribution in [1.82, 2.24) is 10.2 Å². The minimum Gasteiger partial charge on any atom is -0.309 e. The number of rotatable bonds is 6. The Morgan fingerprint density at radius 3 is 2.64 bits per heavy atom. The molecule has 0 aromatic carbocycles. The highest BCUT2D eigenvalue weighted by molar-refractivity contribution is 4.72. The maximum atomic E-state index is 8.19. The second-order valence-corrected chi connectivity index (χ2v) is 2.85. The van der Waals surface area contributed by atoms with Crippen LogP contribution in [0.3, 0.4) is 0 Å². The van der Waals surface area contributed by atoms with Gasteiger partial charge in [-0.2, -0.15) is 5.26 Å². The summed E-state index contributed by atoms with van der Waals surface area (Å²) in [7, 11) is 4.14. The van der Waals surface area contributed by atoms with Gasteiger partial charge in [0.2, 0.25) is 0 Å². The zero-order chi connectivity index (χ0) is 8.53. The van der Waals surface area contributed by atoms with Crippen molar-refractivity contribution in [1.29, 1.82) is 5.26 Å². The molecule has 0 saturated heterocycles. The molecular weight excluding hydrogens is 138 g/mol. The van der Waals surface area contributed by atoms with Crippen LogP contribution in [-0.2, 0) is 0 Å². The molecule has 0 atom stereocenters. The molecule has 0 aromatic heterocycles. The van der Waals surface area contributed by atoms with E-state index in [1.54, 1.807) is 0 Å². The summed E-state index contributed by atoms with van der Waals surface area (Å²) in [6.45, 7) is 2.57. The Morgan fingerprint density at radius 2 is 2.09 bits per heavy atom. The number of unbranched alkanes of at least 4 members (excludes halogenated alkanes) is 1. The first-order chi connectivity index (χ1) is 5.27. The second kappa shape index (κ2) is 7.52. The minimum atomic E-state index is 0.474. The summed E-state index contributed by atoms with van der Waals surface area (Å²) in [5.41, 5.74) is 0. The highest BCUT2D eigenvalue weighted by Crippen LogP contribution is 1.87. The molecule has 0 aromatic rings. The molecule has 0 unspecified atom stereocenters. The summed E-state index contributed by atoms with van der Waals surface area (Å²) in [5, 5.41) is 11.2. The molecule has 0 spiro atoms. The van der Waals surface area contributed by atoms with E-state index < -0.39 is 0 Å². The van der Waals surface area contributed by atoms with Crippen LogP contribution in [0, 0.1) is 11.3 Å². The van der Waals surface area contributed by atoms with Gasteiger partial charge in [-0.3, -0.25) is 0 Å². The molecule has 3 nitrogen and oxygen atoms in total. The molecule has 0 aliphatic rings. The van der Waals surface area contributed by atoms with E-state index in [0.29, 0.717) is 6.54 Å². The number of nitrogens with zero attached hydrogens (tertiary/aromatic N) is 2. The van der Waals surface area contributed by atoms with E-state index in [2.05, 4.69) is 24.3 Å². The van der Waals surface area contributed by atoms with Crippen LogP contribution in [0.4, 0.5) is 0 Å². The summed E-state index contributed by atoms with van der Waals surface area (Å²) in [6, 6.07) is 2.05. The molecule has 0 aliphatic heterocycles. The standard InChI is InChI=1S/C8H17N3/c1-11(2)8-4-3-6-10-7-5-9/h10H,3-4,6-8H2,1-2H3. The average molecular weight is 155 g/mol. The van der Waals surface area contributed by atoms with Gasteiger partial charge in [0.1, 0.15) is 0 Å². The quantitative estimate of drug-likeness (QED) is 0.447. The van der Waals surface area contributed by atoms with Gasteiger partial charge in [-0.05, 0) is 40.0 Å². The van der Waals surface area contributed by atoms with Crippen molar-refractivity contribution >= 4 is 0 Å². The van der Waals surface area contributed by atoms with Crippen LogP contribution in [0.25, 0.3) is 0 Å². The van der Waals surface area contributed by atoms with E-state index in [9.17, 15) is 0 Å². The van der Waals surface area contributed by atoms with Crippen molar-refractivity contribution in [2.45, 2.75) is 12.8 Å². The lowest BCUT2D eigenvalue weighted by Crippen LogP contribution is -2.18. The van der Waals surface area contributed by atoms with E-state index in [1.165, 1.54) is 6.42 Å². The van der Waals surface area contributed by atoms with Crippen molar-refractivity contribution in [2.75, 3.05) is 33.7 Å². The maximum Gasteiger partial charge on any atom is 0.0840 e. The number of nitrogens with one attached hydrogen (secondary N) is 1. The molecule has 0 rings (SSSR count). The topological polar surface area (TPSA) is 39.1 Å². The van der Waals surface area contributed by atoms with Crippen LogP contribution in [-0.4, -0.2) is 38.6 Å². The Labute approximate surface area is 69.0 Å². The van der Waals surface area contributed by atoms with Crippen LogP contribution in [0.2, 0.25) is 0 Å². The summed E-state index contributed by atoms with van der Waals surface area (Å²) in [6.07, 6.45) is 2.35. The van der Waals surface area contributed by atoms with Gasteiger partial charge in [0, 0.05) is 0 Å². The van der Waals surface area contributed by atoms with E-state index >= 15 is 0 Å². The smallest absolute Gasteiger partial charge is 0.0840 e. The average Bonchev–Trinajstić information content (AvgIpc) is 1.96. The third-order valence-corrected chi connectivity index (χ3v) is 1.41. The van der Waals surface area contributed by atoms with Gasteiger partial charge < -0.3 is 10.2 Å². The number of hydrogen-bond acceptors (Lipinski definition) is 3. The van der Waals surface area contributed by atoms with Crippen LogP contribution in [0.5, 0.6) is 0 Å². The first-order valence-corrected chi connectivity index (χ1v) is 3.99. The summed E-state index contributed by atoms with van der Waals surface area (Å²) in [5.74, 6) is 0. The van der Waals surface area contributed by atoms with Crippen molar-refractivity contribution < 1.29 is 0 Å². The third-order valence-electron chi connectivity index (χ3n) is 1.41. The lowest BCUT2D eigenvalue weighted by atomic mass is 10.3. The Balaban J connectivity index is 2.86. The van der Waals surface area contributed by atoms with Crippen molar-refractivity contribution in [3.8, 4) is 6.07 Å². The first kappa shape index (κ1) is 10.4. The lowest BCUT2D eigenvalue weighted by Gasteiger charge is -2.08. The maximum absolute atomic E-state index is 8.19. The highest BCUT2D eigenvalue weighted by atomic mass is 15.0. The molecule has 0 fully saturated rings. The van der Waals surface area contributed by atoms with Gasteiger partial charge in [0.15, 0.2) is 0 Å². The fourth-order valence-electron chi connectivity index (χ4n) is 0.822. The Hall–Kier alpha value is -0.590. The molecule has 11 heavy (non-hydrogen) atoms. The summed E-state index contributed by atoms with van der Waals surface area (Å²) in [4.78, 5) is 2.17. The van der Waals surface area contributed by atoms with Gasteiger partial charge in [-0.1, -0.05) is 0 Å². The number of hydrogen-bond donors (Lipinski definition) is 1. The SMILES string of the molecule is CN(C)CCCCNCC#N. The zero-order valence-electron chi connectivity index (χ0n) is 7.43. The molecule has 3 heteroatoms. The monoisotopic (exact) mass is 155 g/mol. The molecule has 1 N–H and O–H groups in total. The normalized spacial score (nSPS) is 10.0. The molecule has 64 valence electrons. The van der Waals surface area contributed by atoms with Gasteiger partial charge in [0.05, 0.1) is 12.6 Å². The molecule has 0 heterocycles. The van der Waals surface area contributed by atoms with Gasteiger partial charge in [-0.15, -0.1) is 0 Å². The van der Waals surface area contributed by atoms with Crippen LogP contribution < -0.4 is 5.32 Å². The van der Waals surface area contributed by atoms with Gasteiger partial charge in [-0.25, -0.2) is 0 Å². The molecule has 0 radical (unpaired) electrons. The number of nitriles is 1. The van der Waals surface area contributed by atoms with Crippen molar-refractivity contribution in [3.05, 3.63) is 0 Å². The fourth-order valence-corrected chi connectivity index (χ4v) is 0.822. The third kappa shape index (κ3) is 9.41. The second-order valence-electron chi connectivity index (χ2n) is 2.85. The molecule has 0 bridgehead atoms. The lowest BCUT2D eigenvalue weighted by molar-refractivity contribution is 0.392. The Morgan fingerprint density at radius 1 is 1.36 bits per heavy atom.